The fourth-order valence-corrected chi connectivity index (χ4v) is 7.71. The van der Waals surface area contributed by atoms with Crippen molar-refractivity contribution in [1.29, 1.82) is 0 Å². The SMILES string of the molecule is CCC/C=C\CCCCCCCCOCC(COC1OC(CO)C(O)C(OS(=O)(=O)O)C1O)OC(=O)CCCCCCCCCCC/C=C\CCCCCCCCCC. The van der Waals surface area contributed by atoms with E-state index in [4.69, 9.17) is 23.5 Å². The van der Waals surface area contributed by atoms with Gasteiger partial charge in [-0.1, -0.05) is 160 Å². The second-order valence-electron chi connectivity index (χ2n) is 16.3. The molecule has 0 aromatic carbocycles. The summed E-state index contributed by atoms with van der Waals surface area (Å²) in [5, 5.41) is 30.6. The van der Waals surface area contributed by atoms with Gasteiger partial charge in [-0.25, -0.2) is 4.18 Å². The second kappa shape index (κ2) is 38.3. The van der Waals surface area contributed by atoms with Crippen molar-refractivity contribution in [1.82, 2.24) is 0 Å². The first-order valence-corrected chi connectivity index (χ1v) is 25.0. The van der Waals surface area contributed by atoms with E-state index in [1.54, 1.807) is 0 Å². The van der Waals surface area contributed by atoms with Gasteiger partial charge >= 0.3 is 16.4 Å². The van der Waals surface area contributed by atoms with Gasteiger partial charge in [-0.05, 0) is 57.8 Å². The van der Waals surface area contributed by atoms with Crippen molar-refractivity contribution in [2.75, 3.05) is 26.4 Å². The highest BCUT2D eigenvalue weighted by Gasteiger charge is 2.48. The molecule has 0 aliphatic carbocycles. The van der Waals surface area contributed by atoms with Gasteiger partial charge in [-0.2, -0.15) is 8.42 Å². The van der Waals surface area contributed by atoms with Gasteiger partial charge in [0, 0.05) is 13.0 Å². The van der Waals surface area contributed by atoms with Crippen LogP contribution in [0.2, 0.25) is 0 Å². The lowest BCUT2D eigenvalue weighted by Crippen LogP contribution is -2.60. The molecular formula is C46H86O12S. The van der Waals surface area contributed by atoms with Crippen LogP contribution < -0.4 is 0 Å². The summed E-state index contributed by atoms with van der Waals surface area (Å²) >= 11 is 0. The summed E-state index contributed by atoms with van der Waals surface area (Å²) in [6, 6.07) is 0. The first-order chi connectivity index (χ1) is 28.6. The van der Waals surface area contributed by atoms with E-state index in [1.165, 1.54) is 122 Å². The molecule has 0 aromatic rings. The summed E-state index contributed by atoms with van der Waals surface area (Å²) < 4.78 is 59.0. The summed E-state index contributed by atoms with van der Waals surface area (Å²) in [7, 11) is -5.06. The minimum atomic E-state index is -5.06. The Kier molecular flexibility index (Phi) is 36.1. The Labute approximate surface area is 359 Å². The summed E-state index contributed by atoms with van der Waals surface area (Å²) in [5.41, 5.74) is 0. The van der Waals surface area contributed by atoms with Gasteiger partial charge in [0.2, 0.25) is 0 Å². The lowest BCUT2D eigenvalue weighted by molar-refractivity contribution is -0.301. The smallest absolute Gasteiger partial charge is 0.397 e. The maximum Gasteiger partial charge on any atom is 0.397 e. The molecular weight excluding hydrogens is 777 g/mol. The molecule has 0 bridgehead atoms. The van der Waals surface area contributed by atoms with E-state index in [9.17, 15) is 28.5 Å². The van der Waals surface area contributed by atoms with Crippen LogP contribution in [-0.2, 0) is 38.3 Å². The third-order valence-electron chi connectivity index (χ3n) is 10.8. The van der Waals surface area contributed by atoms with E-state index < -0.39 is 59.8 Å². The predicted octanol–water partition coefficient (Wildman–Crippen LogP) is 10.0. The van der Waals surface area contributed by atoms with Crippen molar-refractivity contribution in [3.8, 4) is 0 Å². The molecule has 1 rings (SSSR count). The number of carbonyl (C=O) groups is 1. The molecule has 348 valence electrons. The fourth-order valence-electron chi connectivity index (χ4n) is 7.20. The Balaban J connectivity index is 2.36. The summed E-state index contributed by atoms with van der Waals surface area (Å²) in [5.74, 6) is -0.403. The van der Waals surface area contributed by atoms with Crippen LogP contribution in [0.1, 0.15) is 200 Å². The number of rotatable bonds is 41. The Bertz CT molecular complexity index is 1130. The van der Waals surface area contributed by atoms with Gasteiger partial charge in [0.15, 0.2) is 6.29 Å². The van der Waals surface area contributed by atoms with Crippen molar-refractivity contribution in [2.45, 2.75) is 237 Å². The van der Waals surface area contributed by atoms with Crippen molar-refractivity contribution >= 4 is 16.4 Å². The summed E-state index contributed by atoms with van der Waals surface area (Å²) in [4.78, 5) is 12.9. The molecule has 0 radical (unpaired) electrons. The van der Waals surface area contributed by atoms with E-state index in [0.717, 1.165) is 51.4 Å². The summed E-state index contributed by atoms with van der Waals surface area (Å²) in [6.45, 7) is 3.93. The van der Waals surface area contributed by atoms with E-state index in [2.05, 4.69) is 42.3 Å². The van der Waals surface area contributed by atoms with Crippen LogP contribution >= 0.6 is 0 Å². The molecule has 13 heteroatoms. The first kappa shape index (κ1) is 55.6. The van der Waals surface area contributed by atoms with Gasteiger partial charge in [0.1, 0.15) is 30.5 Å². The van der Waals surface area contributed by atoms with Crippen LogP contribution in [0, 0.1) is 0 Å². The number of carbonyl (C=O) groups excluding carboxylic acids is 1. The molecule has 12 nitrogen and oxygen atoms in total. The van der Waals surface area contributed by atoms with Crippen LogP contribution in [0.4, 0.5) is 0 Å². The van der Waals surface area contributed by atoms with Gasteiger partial charge < -0.3 is 34.3 Å². The molecule has 0 aromatic heterocycles. The normalized spacial score (nSPS) is 20.5. The van der Waals surface area contributed by atoms with E-state index in [-0.39, 0.29) is 19.6 Å². The molecule has 0 saturated carbocycles. The zero-order chi connectivity index (χ0) is 43.2. The van der Waals surface area contributed by atoms with E-state index in [1.807, 2.05) is 0 Å². The average Bonchev–Trinajstić information content (AvgIpc) is 3.20. The van der Waals surface area contributed by atoms with Crippen LogP contribution in [0.3, 0.4) is 0 Å². The molecule has 4 N–H and O–H groups in total. The van der Waals surface area contributed by atoms with Gasteiger partial charge in [0.25, 0.3) is 0 Å². The molecule has 1 fully saturated rings. The van der Waals surface area contributed by atoms with Crippen molar-refractivity contribution in [3.63, 3.8) is 0 Å². The third kappa shape index (κ3) is 32.0. The average molecular weight is 863 g/mol. The number of hydrogen-bond donors (Lipinski definition) is 4. The third-order valence-corrected chi connectivity index (χ3v) is 11.2. The standard InChI is InChI=1S/C46H86O12S/c1-3-5-7-9-11-13-15-16-17-18-19-20-21-22-23-24-25-27-29-31-33-35-42(48)56-40(38-54-36-34-32-30-28-26-14-12-10-8-6-4-2)39-55-46-44(50)45(58-59(51,52)53)43(49)41(37-47)57-46/h8,10,18-19,40-41,43-47,49-50H,3-7,9,11-17,20-39H2,1-2H3,(H,51,52,53)/b10-8-,19-18-. The molecule has 6 unspecified atom stereocenters. The number of ether oxygens (including phenoxy) is 4. The van der Waals surface area contributed by atoms with Gasteiger partial charge in [0.05, 0.1) is 19.8 Å². The zero-order valence-corrected chi connectivity index (χ0v) is 37.9. The molecule has 0 spiro atoms. The Morgan fingerprint density at radius 1 is 0.627 bits per heavy atom. The van der Waals surface area contributed by atoms with Crippen molar-refractivity contribution < 1.29 is 56.2 Å². The van der Waals surface area contributed by atoms with Crippen LogP contribution in [0.25, 0.3) is 0 Å². The van der Waals surface area contributed by atoms with Crippen molar-refractivity contribution in [2.24, 2.45) is 0 Å². The topological polar surface area (TPSA) is 178 Å². The largest absolute Gasteiger partial charge is 0.457 e. The number of esters is 1. The molecule has 1 aliphatic rings. The number of hydrogen-bond acceptors (Lipinski definition) is 11. The monoisotopic (exact) mass is 863 g/mol. The lowest BCUT2D eigenvalue weighted by atomic mass is 9.99. The van der Waals surface area contributed by atoms with Crippen molar-refractivity contribution in [3.05, 3.63) is 24.3 Å². The Morgan fingerprint density at radius 3 is 1.59 bits per heavy atom. The molecule has 1 heterocycles. The lowest BCUT2D eigenvalue weighted by Gasteiger charge is -2.41. The first-order valence-electron chi connectivity index (χ1n) is 23.6. The fraction of sp³-hybridized carbons (Fsp3) is 0.891. The second-order valence-corrected chi connectivity index (χ2v) is 17.4. The minimum Gasteiger partial charge on any atom is -0.457 e. The predicted molar refractivity (Wildman–Crippen MR) is 234 cm³/mol. The van der Waals surface area contributed by atoms with Gasteiger partial charge in [-0.3, -0.25) is 9.35 Å². The molecule has 1 saturated heterocycles. The van der Waals surface area contributed by atoms with Crippen LogP contribution in [-0.4, -0.2) is 97.5 Å². The number of unbranched alkanes of at least 4 members (excludes halogenated alkanes) is 24. The van der Waals surface area contributed by atoms with Gasteiger partial charge in [-0.15, -0.1) is 0 Å². The number of allylic oxidation sites excluding steroid dienone is 4. The molecule has 59 heavy (non-hydrogen) atoms. The van der Waals surface area contributed by atoms with E-state index >= 15 is 0 Å². The highest BCUT2D eigenvalue weighted by atomic mass is 32.3. The Hall–Kier alpha value is -1.42. The number of aliphatic hydroxyl groups excluding tert-OH is 3. The zero-order valence-electron chi connectivity index (χ0n) is 37.1. The molecule has 6 atom stereocenters. The van der Waals surface area contributed by atoms with Crippen LogP contribution in [0.5, 0.6) is 0 Å². The molecule has 1 aliphatic heterocycles. The Morgan fingerprint density at radius 2 is 1.10 bits per heavy atom. The van der Waals surface area contributed by atoms with Crippen LogP contribution in [0.15, 0.2) is 24.3 Å². The van der Waals surface area contributed by atoms with E-state index in [0.29, 0.717) is 13.0 Å². The summed E-state index contributed by atoms with van der Waals surface area (Å²) in [6.07, 6.45) is 33.6. The number of aliphatic hydroxyl groups is 3. The molecule has 0 amide bonds. The minimum absolute atomic E-state index is 0.0330. The maximum atomic E-state index is 12.9. The quantitative estimate of drug-likeness (QED) is 0.0198. The highest BCUT2D eigenvalue weighted by molar-refractivity contribution is 7.80. The maximum absolute atomic E-state index is 12.9. The highest BCUT2D eigenvalue weighted by Crippen LogP contribution is 2.26.